The minimum Gasteiger partial charge on any atom is -0.445 e. The van der Waals surface area contributed by atoms with Crippen molar-refractivity contribution in [2.45, 2.75) is 65.0 Å². The van der Waals surface area contributed by atoms with Crippen molar-refractivity contribution in [2.24, 2.45) is 11.3 Å². The van der Waals surface area contributed by atoms with Gasteiger partial charge in [0.1, 0.15) is 6.10 Å². The third-order valence-corrected chi connectivity index (χ3v) is 5.04. The van der Waals surface area contributed by atoms with Crippen LogP contribution in [0.5, 0.6) is 0 Å². The van der Waals surface area contributed by atoms with Crippen LogP contribution in [-0.2, 0) is 4.74 Å². The van der Waals surface area contributed by atoms with E-state index in [2.05, 4.69) is 31.1 Å². The number of carbonyl (C=O) groups is 1. The highest BCUT2D eigenvalue weighted by molar-refractivity contribution is 5.93. The quantitative estimate of drug-likeness (QED) is 0.928. The first-order valence-electron chi connectivity index (χ1n) is 8.32. The van der Waals surface area contributed by atoms with E-state index in [1.807, 2.05) is 0 Å². The highest BCUT2D eigenvalue weighted by atomic mass is 16.5. The molecule has 2 heterocycles. The maximum absolute atomic E-state index is 12.6. The number of oxazole rings is 1. The summed E-state index contributed by atoms with van der Waals surface area (Å²) in [6, 6.07) is 0.217. The molecule has 22 heavy (non-hydrogen) atoms. The molecule has 1 saturated carbocycles. The van der Waals surface area contributed by atoms with Gasteiger partial charge in [-0.1, -0.05) is 20.8 Å². The maximum atomic E-state index is 12.6. The molecule has 2 aliphatic rings. The summed E-state index contributed by atoms with van der Waals surface area (Å²) >= 11 is 0. The number of ether oxygens (including phenoxy) is 1. The Kier molecular flexibility index (Phi) is 4.26. The molecule has 0 radical (unpaired) electrons. The summed E-state index contributed by atoms with van der Waals surface area (Å²) in [5.41, 5.74) is 0.765. The average Bonchev–Trinajstić information content (AvgIpc) is 3.10. The van der Waals surface area contributed by atoms with Gasteiger partial charge >= 0.3 is 0 Å². The van der Waals surface area contributed by atoms with E-state index in [0.717, 1.165) is 38.7 Å². The number of carbonyl (C=O) groups excluding carboxylic acids is 1. The van der Waals surface area contributed by atoms with Gasteiger partial charge in [0.05, 0.1) is 0 Å². The Hall–Kier alpha value is -1.36. The van der Waals surface area contributed by atoms with E-state index >= 15 is 0 Å². The second-order valence-corrected chi connectivity index (χ2v) is 7.53. The Balaban J connectivity index is 1.66. The lowest BCUT2D eigenvalue weighted by Crippen LogP contribution is -2.44. The molecular formula is C17H26N2O3. The summed E-state index contributed by atoms with van der Waals surface area (Å²) in [5, 5.41) is 3.16. The molecule has 1 aliphatic carbocycles. The highest BCUT2D eigenvalue weighted by Gasteiger charge is 2.35. The second-order valence-electron chi connectivity index (χ2n) is 7.53. The Bertz CT molecular complexity index is 532. The first-order chi connectivity index (χ1) is 10.5. The van der Waals surface area contributed by atoms with Crippen LogP contribution in [0.1, 0.15) is 75.2 Å². The standard InChI is InChI=1S/C17H26N2O3/c1-11-9-17(2,3)7-6-12(11)19-16(20)14-15(22-10-18-14)13-5-4-8-21-13/h10-13H,4-9H2,1-3H3,(H,19,20)/t11-,12+,13-/m1/s1. The van der Waals surface area contributed by atoms with E-state index < -0.39 is 0 Å². The SMILES string of the molecule is C[C@@H]1CC(C)(C)CC[C@@H]1NC(=O)c1ncoc1[C@H]1CCCO1. The lowest BCUT2D eigenvalue weighted by atomic mass is 9.70. The zero-order valence-electron chi connectivity index (χ0n) is 13.7. The molecule has 1 aliphatic heterocycles. The van der Waals surface area contributed by atoms with E-state index in [1.54, 1.807) is 0 Å². The lowest BCUT2D eigenvalue weighted by Gasteiger charge is -2.39. The minimum absolute atomic E-state index is 0.119. The molecular weight excluding hydrogens is 280 g/mol. The van der Waals surface area contributed by atoms with E-state index in [4.69, 9.17) is 9.15 Å². The van der Waals surface area contributed by atoms with Crippen molar-refractivity contribution in [2.75, 3.05) is 6.61 Å². The zero-order valence-corrected chi connectivity index (χ0v) is 13.7. The monoisotopic (exact) mass is 306 g/mol. The van der Waals surface area contributed by atoms with Crippen molar-refractivity contribution in [1.82, 2.24) is 10.3 Å². The molecule has 1 N–H and O–H groups in total. The fourth-order valence-corrected chi connectivity index (χ4v) is 3.84. The zero-order chi connectivity index (χ0) is 15.7. The van der Waals surface area contributed by atoms with Crippen LogP contribution in [0.2, 0.25) is 0 Å². The minimum atomic E-state index is -0.129. The molecule has 3 atom stereocenters. The molecule has 122 valence electrons. The number of hydrogen-bond acceptors (Lipinski definition) is 4. The van der Waals surface area contributed by atoms with E-state index in [-0.39, 0.29) is 18.1 Å². The molecule has 1 aromatic heterocycles. The van der Waals surface area contributed by atoms with Gasteiger partial charge in [-0.15, -0.1) is 0 Å². The number of rotatable bonds is 3. The van der Waals surface area contributed by atoms with Crippen LogP contribution in [0, 0.1) is 11.3 Å². The van der Waals surface area contributed by atoms with Crippen LogP contribution in [0.3, 0.4) is 0 Å². The first-order valence-corrected chi connectivity index (χ1v) is 8.32. The van der Waals surface area contributed by atoms with Crippen molar-refractivity contribution in [3.05, 3.63) is 17.8 Å². The van der Waals surface area contributed by atoms with E-state index in [9.17, 15) is 4.79 Å². The maximum Gasteiger partial charge on any atom is 0.273 e. The van der Waals surface area contributed by atoms with Crippen molar-refractivity contribution in [3.63, 3.8) is 0 Å². The van der Waals surface area contributed by atoms with Crippen LogP contribution >= 0.6 is 0 Å². The third-order valence-electron chi connectivity index (χ3n) is 5.04. The molecule has 0 unspecified atom stereocenters. The number of amides is 1. The summed E-state index contributed by atoms with van der Waals surface area (Å²) in [7, 11) is 0. The fraction of sp³-hybridized carbons (Fsp3) is 0.765. The Morgan fingerprint density at radius 2 is 2.23 bits per heavy atom. The lowest BCUT2D eigenvalue weighted by molar-refractivity contribution is 0.0807. The molecule has 0 bridgehead atoms. The number of aromatic nitrogens is 1. The van der Waals surface area contributed by atoms with Gasteiger partial charge in [0, 0.05) is 12.6 Å². The van der Waals surface area contributed by atoms with Crippen molar-refractivity contribution in [1.29, 1.82) is 0 Å². The molecule has 3 rings (SSSR count). The molecule has 1 saturated heterocycles. The number of nitrogens with zero attached hydrogens (tertiary/aromatic N) is 1. The van der Waals surface area contributed by atoms with Crippen molar-refractivity contribution in [3.8, 4) is 0 Å². The topological polar surface area (TPSA) is 64.4 Å². The Labute approximate surface area is 131 Å². The number of nitrogens with one attached hydrogen (secondary N) is 1. The summed E-state index contributed by atoms with van der Waals surface area (Å²) < 4.78 is 11.0. The first kappa shape index (κ1) is 15.5. The molecule has 1 aromatic rings. The van der Waals surface area contributed by atoms with Gasteiger partial charge < -0.3 is 14.5 Å². The van der Waals surface area contributed by atoms with Gasteiger partial charge in [-0.05, 0) is 43.4 Å². The highest BCUT2D eigenvalue weighted by Crippen LogP contribution is 2.38. The van der Waals surface area contributed by atoms with Gasteiger partial charge in [-0.3, -0.25) is 4.79 Å². The van der Waals surface area contributed by atoms with Gasteiger partial charge in [0.15, 0.2) is 17.8 Å². The summed E-state index contributed by atoms with van der Waals surface area (Å²) in [5.74, 6) is 0.931. The van der Waals surface area contributed by atoms with Gasteiger partial charge in [-0.25, -0.2) is 4.98 Å². The Morgan fingerprint density at radius 3 is 2.91 bits per heavy atom. The fourth-order valence-electron chi connectivity index (χ4n) is 3.84. The van der Waals surface area contributed by atoms with E-state index in [1.165, 1.54) is 6.39 Å². The van der Waals surface area contributed by atoms with Crippen LogP contribution in [0.4, 0.5) is 0 Å². The molecule has 5 heteroatoms. The van der Waals surface area contributed by atoms with Crippen LogP contribution in [0.15, 0.2) is 10.8 Å². The molecule has 5 nitrogen and oxygen atoms in total. The van der Waals surface area contributed by atoms with Crippen LogP contribution < -0.4 is 5.32 Å². The second kappa shape index (κ2) is 6.03. The molecule has 2 fully saturated rings. The van der Waals surface area contributed by atoms with E-state index in [0.29, 0.717) is 22.8 Å². The summed E-state index contributed by atoms with van der Waals surface area (Å²) in [6.45, 7) is 7.54. The van der Waals surface area contributed by atoms with Gasteiger partial charge in [0.2, 0.25) is 0 Å². The predicted octanol–water partition coefficient (Wildman–Crippen LogP) is 3.47. The van der Waals surface area contributed by atoms with Crippen LogP contribution in [-0.4, -0.2) is 23.5 Å². The molecule has 0 spiro atoms. The smallest absolute Gasteiger partial charge is 0.273 e. The summed E-state index contributed by atoms with van der Waals surface area (Å²) in [4.78, 5) is 16.7. The Morgan fingerprint density at radius 1 is 1.41 bits per heavy atom. The number of hydrogen-bond donors (Lipinski definition) is 1. The largest absolute Gasteiger partial charge is 0.445 e. The predicted molar refractivity (Wildman–Crippen MR) is 82.5 cm³/mol. The van der Waals surface area contributed by atoms with Crippen molar-refractivity contribution >= 4 is 5.91 Å². The van der Waals surface area contributed by atoms with Gasteiger partial charge in [0.25, 0.3) is 5.91 Å². The third kappa shape index (κ3) is 3.19. The normalized spacial score (nSPS) is 31.1. The molecule has 0 aromatic carbocycles. The molecule has 1 amide bonds. The summed E-state index contributed by atoms with van der Waals surface area (Å²) in [6.07, 6.45) is 6.41. The van der Waals surface area contributed by atoms with Crippen LogP contribution in [0.25, 0.3) is 0 Å². The average molecular weight is 306 g/mol. The van der Waals surface area contributed by atoms with Crippen molar-refractivity contribution < 1.29 is 13.9 Å². The van der Waals surface area contributed by atoms with Gasteiger partial charge in [-0.2, -0.15) is 0 Å².